The van der Waals surface area contributed by atoms with Gasteiger partial charge in [0.15, 0.2) is 5.43 Å². The van der Waals surface area contributed by atoms with Crippen molar-refractivity contribution in [1.29, 1.82) is 0 Å². The maximum atomic E-state index is 11.5. The number of aromatic nitrogens is 1. The maximum absolute atomic E-state index is 11.5. The number of nitrogens with one attached hydrogen (secondary N) is 2. The maximum Gasteiger partial charge on any atom is 0.186 e. The minimum Gasteiger partial charge on any atom is -0.367 e. The highest BCUT2D eigenvalue weighted by Crippen LogP contribution is 1.94. The fourth-order valence-electron chi connectivity index (χ4n) is 1.52. The van der Waals surface area contributed by atoms with Gasteiger partial charge in [0.05, 0.1) is 0 Å². The predicted molar refractivity (Wildman–Crippen MR) is 66.6 cm³/mol. The first kappa shape index (κ1) is 12.9. The van der Waals surface area contributed by atoms with Crippen LogP contribution >= 0.6 is 0 Å². The molecule has 1 aromatic rings. The lowest BCUT2D eigenvalue weighted by Gasteiger charge is -2.16. The minimum absolute atomic E-state index is 0.104. The molecule has 4 nitrogen and oxygen atoms in total. The molecule has 1 rings (SSSR count). The van der Waals surface area contributed by atoms with Gasteiger partial charge in [-0.1, -0.05) is 6.92 Å². The third-order valence-electron chi connectivity index (χ3n) is 2.44. The van der Waals surface area contributed by atoms with E-state index in [0.29, 0.717) is 6.54 Å². The molecule has 0 atom stereocenters. The average Bonchev–Trinajstić information content (AvgIpc) is 2.28. The third-order valence-corrected chi connectivity index (χ3v) is 2.44. The molecule has 0 saturated carbocycles. The molecule has 1 aromatic heterocycles. The van der Waals surface area contributed by atoms with Gasteiger partial charge in [0.2, 0.25) is 0 Å². The Bertz CT molecular complexity index is 348. The summed E-state index contributed by atoms with van der Waals surface area (Å²) < 4.78 is 0. The van der Waals surface area contributed by atoms with Gasteiger partial charge >= 0.3 is 0 Å². The Morgan fingerprint density at radius 1 is 1.44 bits per heavy atom. The Labute approximate surface area is 96.7 Å². The average molecular weight is 223 g/mol. The van der Waals surface area contributed by atoms with E-state index < -0.39 is 0 Å². The van der Waals surface area contributed by atoms with Crippen molar-refractivity contribution in [1.82, 2.24) is 15.2 Å². The number of hydrogen-bond donors (Lipinski definition) is 2. The number of likely N-dealkylation sites (N-methyl/N-ethyl adjacent to an activating group) is 1. The zero-order chi connectivity index (χ0) is 11.8. The Balaban J connectivity index is 2.31. The highest BCUT2D eigenvalue weighted by atomic mass is 16.1. The Kier molecular flexibility index (Phi) is 5.82. The van der Waals surface area contributed by atoms with Gasteiger partial charge in [-0.3, -0.25) is 4.79 Å². The third kappa shape index (κ3) is 4.59. The number of aromatic amines is 1. The summed E-state index contributed by atoms with van der Waals surface area (Å²) in [6.45, 7) is 5.83. The summed E-state index contributed by atoms with van der Waals surface area (Å²) in [5, 5.41) is 3.34. The molecule has 0 spiro atoms. The van der Waals surface area contributed by atoms with E-state index in [9.17, 15) is 4.79 Å². The molecule has 90 valence electrons. The molecular weight excluding hydrogens is 202 g/mol. The largest absolute Gasteiger partial charge is 0.367 e. The van der Waals surface area contributed by atoms with E-state index in [-0.39, 0.29) is 5.43 Å². The van der Waals surface area contributed by atoms with Crippen molar-refractivity contribution in [3.8, 4) is 0 Å². The molecule has 0 radical (unpaired) electrons. The lowest BCUT2D eigenvalue weighted by atomic mass is 10.2. The molecular formula is C12H21N3O. The van der Waals surface area contributed by atoms with Crippen molar-refractivity contribution < 1.29 is 0 Å². The fourth-order valence-corrected chi connectivity index (χ4v) is 1.52. The van der Waals surface area contributed by atoms with E-state index in [1.54, 1.807) is 18.5 Å². The summed E-state index contributed by atoms with van der Waals surface area (Å²) in [7, 11) is 2.03. The van der Waals surface area contributed by atoms with Gasteiger partial charge in [-0.2, -0.15) is 0 Å². The lowest BCUT2D eigenvalue weighted by molar-refractivity contribution is 0.323. The summed E-state index contributed by atoms with van der Waals surface area (Å²) in [5.41, 5.74) is 0.924. The van der Waals surface area contributed by atoms with E-state index >= 15 is 0 Å². The SMILES string of the molecule is CCCNCCN(C)Cc1c[nH]ccc1=O. The Morgan fingerprint density at radius 2 is 2.25 bits per heavy atom. The van der Waals surface area contributed by atoms with Gasteiger partial charge in [-0.25, -0.2) is 0 Å². The molecule has 0 aliphatic rings. The van der Waals surface area contributed by atoms with Crippen molar-refractivity contribution in [3.63, 3.8) is 0 Å². The number of rotatable bonds is 7. The zero-order valence-electron chi connectivity index (χ0n) is 10.1. The van der Waals surface area contributed by atoms with Crippen LogP contribution in [0.15, 0.2) is 23.3 Å². The van der Waals surface area contributed by atoms with Crippen molar-refractivity contribution >= 4 is 0 Å². The molecule has 16 heavy (non-hydrogen) atoms. The smallest absolute Gasteiger partial charge is 0.186 e. The number of hydrogen-bond acceptors (Lipinski definition) is 3. The summed E-state index contributed by atoms with van der Waals surface area (Å²) >= 11 is 0. The number of nitrogens with zero attached hydrogens (tertiary/aromatic N) is 1. The van der Waals surface area contributed by atoms with Crippen LogP contribution in [0, 0.1) is 0 Å². The van der Waals surface area contributed by atoms with Crippen LogP contribution < -0.4 is 10.7 Å². The summed E-state index contributed by atoms with van der Waals surface area (Å²) in [5.74, 6) is 0. The topological polar surface area (TPSA) is 48.1 Å². The molecule has 0 bridgehead atoms. The lowest BCUT2D eigenvalue weighted by Crippen LogP contribution is -2.30. The van der Waals surface area contributed by atoms with Crippen LogP contribution in [0.5, 0.6) is 0 Å². The van der Waals surface area contributed by atoms with Crippen LogP contribution in [-0.2, 0) is 6.54 Å². The monoisotopic (exact) mass is 223 g/mol. The van der Waals surface area contributed by atoms with Crippen LogP contribution in [0.2, 0.25) is 0 Å². The predicted octanol–water partition coefficient (Wildman–Crippen LogP) is 0.806. The van der Waals surface area contributed by atoms with Crippen molar-refractivity contribution in [2.45, 2.75) is 19.9 Å². The summed E-state index contributed by atoms with van der Waals surface area (Å²) in [6, 6.07) is 1.57. The van der Waals surface area contributed by atoms with Crippen LogP contribution in [0.3, 0.4) is 0 Å². The second-order valence-electron chi connectivity index (χ2n) is 4.02. The quantitative estimate of drug-likeness (QED) is 0.672. The first-order valence-corrected chi connectivity index (χ1v) is 5.79. The second-order valence-corrected chi connectivity index (χ2v) is 4.02. The van der Waals surface area contributed by atoms with Gasteiger partial charge in [0.1, 0.15) is 0 Å². The van der Waals surface area contributed by atoms with Gasteiger partial charge in [-0.05, 0) is 20.0 Å². The molecule has 0 fully saturated rings. The van der Waals surface area contributed by atoms with E-state index in [2.05, 4.69) is 22.1 Å². The fraction of sp³-hybridized carbons (Fsp3) is 0.583. The Hall–Kier alpha value is -1.13. The molecule has 0 aliphatic heterocycles. The van der Waals surface area contributed by atoms with Crippen LogP contribution in [0.25, 0.3) is 0 Å². The van der Waals surface area contributed by atoms with E-state index in [1.165, 1.54) is 0 Å². The zero-order valence-corrected chi connectivity index (χ0v) is 10.1. The van der Waals surface area contributed by atoms with Crippen LogP contribution in [0.4, 0.5) is 0 Å². The van der Waals surface area contributed by atoms with Crippen molar-refractivity contribution in [2.75, 3.05) is 26.7 Å². The molecule has 2 N–H and O–H groups in total. The summed E-state index contributed by atoms with van der Waals surface area (Å²) in [4.78, 5) is 16.6. The van der Waals surface area contributed by atoms with Gasteiger partial charge < -0.3 is 15.2 Å². The van der Waals surface area contributed by atoms with Gasteiger partial charge in [0, 0.05) is 43.7 Å². The number of pyridine rings is 1. The van der Waals surface area contributed by atoms with Gasteiger partial charge in [-0.15, -0.1) is 0 Å². The van der Waals surface area contributed by atoms with Crippen molar-refractivity contribution in [3.05, 3.63) is 34.2 Å². The Morgan fingerprint density at radius 3 is 2.94 bits per heavy atom. The normalized spacial score (nSPS) is 10.9. The van der Waals surface area contributed by atoms with Crippen molar-refractivity contribution in [2.24, 2.45) is 0 Å². The van der Waals surface area contributed by atoms with E-state index in [4.69, 9.17) is 0 Å². The molecule has 0 aromatic carbocycles. The van der Waals surface area contributed by atoms with E-state index in [0.717, 1.165) is 31.6 Å². The van der Waals surface area contributed by atoms with Crippen LogP contribution in [0.1, 0.15) is 18.9 Å². The van der Waals surface area contributed by atoms with E-state index in [1.807, 2.05) is 7.05 Å². The molecule has 1 heterocycles. The molecule has 0 aliphatic carbocycles. The first-order valence-electron chi connectivity index (χ1n) is 5.79. The van der Waals surface area contributed by atoms with Gasteiger partial charge in [0.25, 0.3) is 0 Å². The molecule has 4 heteroatoms. The first-order chi connectivity index (χ1) is 7.74. The second kappa shape index (κ2) is 7.19. The molecule has 0 saturated heterocycles. The standard InChI is InChI=1S/C12H21N3O/c1-3-5-13-7-8-15(2)10-11-9-14-6-4-12(11)16/h4,6,9,13H,3,5,7-8,10H2,1-2H3,(H,14,16). The molecule has 0 amide bonds. The highest BCUT2D eigenvalue weighted by molar-refractivity contribution is 5.08. The van der Waals surface area contributed by atoms with Crippen LogP contribution in [-0.4, -0.2) is 36.6 Å². The molecule has 0 unspecified atom stereocenters. The minimum atomic E-state index is 0.104. The highest BCUT2D eigenvalue weighted by Gasteiger charge is 2.02. The summed E-state index contributed by atoms with van der Waals surface area (Å²) in [6.07, 6.45) is 4.59. The number of H-pyrrole nitrogens is 1.